The molecule has 138 valence electrons. The van der Waals surface area contributed by atoms with Crippen LogP contribution in [0.5, 0.6) is 0 Å². The maximum absolute atomic E-state index is 10.3. The highest BCUT2D eigenvalue weighted by atomic mass is 16.3. The number of rotatable bonds is 14. The Balaban J connectivity index is 2.37. The van der Waals surface area contributed by atoms with Gasteiger partial charge >= 0.3 is 0 Å². The zero-order valence-corrected chi connectivity index (χ0v) is 16.3. The molecule has 0 aromatic heterocycles. The van der Waals surface area contributed by atoms with Gasteiger partial charge in [0.25, 0.3) is 0 Å². The van der Waals surface area contributed by atoms with Crippen LogP contribution in [0.2, 0.25) is 0 Å². The van der Waals surface area contributed by atoms with E-state index in [9.17, 15) is 5.11 Å². The topological polar surface area (TPSA) is 20.2 Å². The molecule has 0 aromatic rings. The predicted octanol–water partition coefficient (Wildman–Crippen LogP) is 8.04. The third-order valence-electron chi connectivity index (χ3n) is 5.30. The maximum Gasteiger partial charge on any atom is 0.115 e. The van der Waals surface area contributed by atoms with E-state index in [1.165, 1.54) is 88.2 Å². The van der Waals surface area contributed by atoms with Crippen LogP contribution in [0.4, 0.5) is 0 Å². The number of unbranched alkanes of at least 4 members (excludes halogenated alkanes) is 10. The minimum Gasteiger partial charge on any atom is -0.508 e. The molecule has 0 radical (unpaired) electrons. The molecule has 1 heteroatoms. The Morgan fingerprint density at radius 3 is 1.96 bits per heavy atom. The highest BCUT2D eigenvalue weighted by Gasteiger charge is 2.22. The van der Waals surface area contributed by atoms with Crippen molar-refractivity contribution in [1.29, 1.82) is 0 Å². The van der Waals surface area contributed by atoms with E-state index < -0.39 is 0 Å². The van der Waals surface area contributed by atoms with Gasteiger partial charge in [0, 0.05) is 5.92 Å². The summed E-state index contributed by atoms with van der Waals surface area (Å²) < 4.78 is 0. The first-order chi connectivity index (χ1) is 11.7. The molecule has 0 amide bonds. The highest BCUT2D eigenvalue weighted by molar-refractivity contribution is 5.39. The van der Waals surface area contributed by atoms with E-state index in [-0.39, 0.29) is 0 Å². The Kier molecular flexibility index (Phi) is 11.7. The molecule has 1 nitrogen and oxygen atoms in total. The molecule has 1 atom stereocenters. The second kappa shape index (κ2) is 13.3. The second-order valence-electron chi connectivity index (χ2n) is 7.45. The van der Waals surface area contributed by atoms with Crippen LogP contribution in [-0.4, -0.2) is 5.11 Å². The molecule has 1 N–H and O–H groups in total. The van der Waals surface area contributed by atoms with Gasteiger partial charge in [-0.05, 0) is 36.5 Å². The van der Waals surface area contributed by atoms with E-state index in [0.29, 0.717) is 11.7 Å². The molecule has 0 spiro atoms. The maximum atomic E-state index is 10.3. The van der Waals surface area contributed by atoms with Crippen molar-refractivity contribution in [3.63, 3.8) is 0 Å². The van der Waals surface area contributed by atoms with Crippen LogP contribution >= 0.6 is 0 Å². The van der Waals surface area contributed by atoms with Crippen molar-refractivity contribution in [2.24, 2.45) is 5.92 Å². The van der Waals surface area contributed by atoms with Gasteiger partial charge in [0.1, 0.15) is 5.76 Å². The first-order valence-corrected chi connectivity index (χ1v) is 10.5. The first-order valence-electron chi connectivity index (χ1n) is 10.5. The van der Waals surface area contributed by atoms with Gasteiger partial charge in [-0.3, -0.25) is 0 Å². The lowest BCUT2D eigenvalue weighted by atomic mass is 9.80. The summed E-state index contributed by atoms with van der Waals surface area (Å²) >= 11 is 0. The summed E-state index contributed by atoms with van der Waals surface area (Å²) in [7, 11) is 0. The Labute approximate surface area is 150 Å². The lowest BCUT2D eigenvalue weighted by molar-refractivity contribution is 0.400. The van der Waals surface area contributed by atoms with Crippen LogP contribution in [0.25, 0.3) is 0 Å². The molecule has 0 heterocycles. The smallest absolute Gasteiger partial charge is 0.115 e. The van der Waals surface area contributed by atoms with Crippen molar-refractivity contribution in [3.05, 3.63) is 35.6 Å². The number of hydrogen-bond donors (Lipinski definition) is 1. The Morgan fingerprint density at radius 2 is 1.33 bits per heavy atom. The molecule has 0 fully saturated rings. The molecule has 1 aliphatic rings. The van der Waals surface area contributed by atoms with E-state index in [1.807, 2.05) is 12.2 Å². The fraction of sp³-hybridized carbons (Fsp3) is 0.739. The number of aliphatic hydroxyl groups excluding tert-OH is 1. The first kappa shape index (κ1) is 21.1. The van der Waals surface area contributed by atoms with Gasteiger partial charge < -0.3 is 5.11 Å². The highest BCUT2D eigenvalue weighted by Crippen LogP contribution is 2.35. The van der Waals surface area contributed by atoms with Crippen LogP contribution in [-0.2, 0) is 0 Å². The third kappa shape index (κ3) is 8.22. The SMILES string of the molecule is C=C1C=CC(O)=C(CCCCCCCC)C1CCCCCCCC. The molecule has 0 saturated carbocycles. The number of allylic oxidation sites excluding steroid dienone is 4. The second-order valence-corrected chi connectivity index (χ2v) is 7.45. The summed E-state index contributed by atoms with van der Waals surface area (Å²) in [6.45, 7) is 8.77. The molecular weight excluding hydrogens is 292 g/mol. The summed E-state index contributed by atoms with van der Waals surface area (Å²) in [5.41, 5.74) is 2.45. The summed E-state index contributed by atoms with van der Waals surface area (Å²) in [6.07, 6.45) is 21.9. The molecule has 1 rings (SSSR count). The molecule has 0 saturated heterocycles. The molecule has 0 aromatic carbocycles. The van der Waals surface area contributed by atoms with Gasteiger partial charge in [0.2, 0.25) is 0 Å². The summed E-state index contributed by atoms with van der Waals surface area (Å²) in [4.78, 5) is 0. The summed E-state index contributed by atoms with van der Waals surface area (Å²) in [5, 5.41) is 10.3. The Morgan fingerprint density at radius 1 is 0.792 bits per heavy atom. The summed E-state index contributed by atoms with van der Waals surface area (Å²) in [6, 6.07) is 0. The molecular formula is C23H40O. The molecule has 1 aliphatic carbocycles. The number of aliphatic hydroxyl groups is 1. The molecule has 0 bridgehead atoms. The quantitative estimate of drug-likeness (QED) is 0.319. The zero-order chi connectivity index (χ0) is 17.6. The van der Waals surface area contributed by atoms with E-state index in [0.717, 1.165) is 12.8 Å². The lowest BCUT2D eigenvalue weighted by Crippen LogP contribution is -2.12. The fourth-order valence-corrected chi connectivity index (χ4v) is 3.70. The Hall–Kier alpha value is -0.980. The van der Waals surface area contributed by atoms with Crippen LogP contribution in [0.1, 0.15) is 104 Å². The van der Waals surface area contributed by atoms with Crippen LogP contribution < -0.4 is 0 Å². The van der Waals surface area contributed by atoms with E-state index in [4.69, 9.17) is 0 Å². The average Bonchev–Trinajstić information content (AvgIpc) is 2.58. The van der Waals surface area contributed by atoms with Crippen LogP contribution in [0, 0.1) is 5.92 Å². The largest absolute Gasteiger partial charge is 0.508 e. The third-order valence-corrected chi connectivity index (χ3v) is 5.30. The Bertz CT molecular complexity index is 402. The normalized spacial score (nSPS) is 17.8. The lowest BCUT2D eigenvalue weighted by Gasteiger charge is -2.25. The standard InChI is InChI=1S/C23H40O/c1-4-6-8-10-12-14-16-21-20(3)18-19-23(24)22(21)17-15-13-11-9-7-5-2/h18-19,21,24H,3-17H2,1-2H3. The van der Waals surface area contributed by atoms with E-state index >= 15 is 0 Å². The molecule has 1 unspecified atom stereocenters. The van der Waals surface area contributed by atoms with Gasteiger partial charge in [-0.1, -0.05) is 97.1 Å². The van der Waals surface area contributed by atoms with Gasteiger partial charge in [0.05, 0.1) is 0 Å². The fourth-order valence-electron chi connectivity index (χ4n) is 3.70. The van der Waals surface area contributed by atoms with Gasteiger partial charge in [0.15, 0.2) is 0 Å². The van der Waals surface area contributed by atoms with Crippen molar-refractivity contribution in [2.45, 2.75) is 104 Å². The molecule has 24 heavy (non-hydrogen) atoms. The van der Waals surface area contributed by atoms with Gasteiger partial charge in [-0.2, -0.15) is 0 Å². The van der Waals surface area contributed by atoms with E-state index in [1.54, 1.807) is 0 Å². The van der Waals surface area contributed by atoms with Crippen molar-refractivity contribution >= 4 is 0 Å². The predicted molar refractivity (Wildman–Crippen MR) is 107 cm³/mol. The van der Waals surface area contributed by atoms with Crippen LogP contribution in [0.15, 0.2) is 35.6 Å². The van der Waals surface area contributed by atoms with Crippen molar-refractivity contribution < 1.29 is 5.11 Å². The van der Waals surface area contributed by atoms with E-state index in [2.05, 4.69) is 20.4 Å². The van der Waals surface area contributed by atoms with Crippen LogP contribution in [0.3, 0.4) is 0 Å². The summed E-state index contributed by atoms with van der Waals surface area (Å²) in [5.74, 6) is 0.906. The molecule has 0 aliphatic heterocycles. The average molecular weight is 333 g/mol. The zero-order valence-electron chi connectivity index (χ0n) is 16.3. The monoisotopic (exact) mass is 332 g/mol. The minimum atomic E-state index is 0.386. The van der Waals surface area contributed by atoms with Crippen molar-refractivity contribution in [1.82, 2.24) is 0 Å². The van der Waals surface area contributed by atoms with Gasteiger partial charge in [-0.15, -0.1) is 0 Å². The van der Waals surface area contributed by atoms with Gasteiger partial charge in [-0.25, -0.2) is 0 Å². The number of hydrogen-bond acceptors (Lipinski definition) is 1. The van der Waals surface area contributed by atoms with Crippen molar-refractivity contribution in [2.75, 3.05) is 0 Å². The minimum absolute atomic E-state index is 0.386. The van der Waals surface area contributed by atoms with Crippen molar-refractivity contribution in [3.8, 4) is 0 Å².